The van der Waals surface area contributed by atoms with Crippen molar-refractivity contribution in [1.29, 1.82) is 0 Å². The third-order valence-electron chi connectivity index (χ3n) is 11.2. The number of rotatable bonds is 14. The van der Waals surface area contributed by atoms with Gasteiger partial charge >= 0.3 is 0 Å². The molecule has 1 aliphatic heterocycles. The monoisotopic (exact) mass is 672 g/mol. The lowest BCUT2D eigenvalue weighted by molar-refractivity contribution is 0.0807. The molecule has 0 bridgehead atoms. The van der Waals surface area contributed by atoms with Crippen LogP contribution in [0.3, 0.4) is 0 Å². The summed E-state index contributed by atoms with van der Waals surface area (Å²) in [6, 6.07) is 18.0. The molecule has 1 aliphatic rings. The molecule has 0 unspecified atom stereocenters. The molecule has 0 aliphatic carbocycles. The largest absolute Gasteiger partial charge is 0.329 e. The molecule has 48 heavy (non-hydrogen) atoms. The molecule has 2 atom stereocenters. The van der Waals surface area contributed by atoms with Crippen molar-refractivity contribution in [2.24, 2.45) is 0 Å². The first-order valence-corrected chi connectivity index (χ1v) is 19.2. The van der Waals surface area contributed by atoms with Gasteiger partial charge in [-0.05, 0) is 65.1 Å². The molecule has 1 aromatic heterocycles. The highest BCUT2D eigenvalue weighted by molar-refractivity contribution is 7.80. The van der Waals surface area contributed by atoms with Crippen molar-refractivity contribution >= 4 is 95.8 Å². The van der Waals surface area contributed by atoms with Crippen LogP contribution < -0.4 is 5.35 Å². The van der Waals surface area contributed by atoms with E-state index in [1.807, 2.05) is 11.0 Å². The first-order chi connectivity index (χ1) is 23.3. The van der Waals surface area contributed by atoms with Crippen LogP contribution in [0.15, 0.2) is 48.5 Å². The number of unbranched alkanes of at least 4 members (excludes halogenated alkanes) is 8. The molecule has 0 spiro atoms. The zero-order valence-electron chi connectivity index (χ0n) is 29.1. The van der Waals surface area contributed by atoms with Gasteiger partial charge in [-0.2, -0.15) is 0 Å². The molecule has 0 N–H and O–H groups in total. The number of amides is 1. The molecule has 1 amide bonds. The molecule has 248 valence electrons. The predicted octanol–water partition coefficient (Wildman–Crippen LogP) is 12.4. The maximum absolute atomic E-state index is 14.2. The van der Waals surface area contributed by atoms with Crippen LogP contribution in [0.2, 0.25) is 0 Å². The number of pyridine rings is 1. The van der Waals surface area contributed by atoms with Crippen LogP contribution in [0.4, 0.5) is 0 Å². The highest BCUT2D eigenvalue weighted by Gasteiger charge is 2.34. The minimum absolute atomic E-state index is 0.0366. The molecule has 5 heteroatoms. The first-order valence-electron chi connectivity index (χ1n) is 18.4. The van der Waals surface area contributed by atoms with Crippen LogP contribution in [0.1, 0.15) is 127 Å². The lowest BCUT2D eigenvalue weighted by atomic mass is 9.83. The minimum atomic E-state index is 0.0366. The Morgan fingerprint density at radius 1 is 0.583 bits per heavy atom. The third-order valence-corrected chi connectivity index (χ3v) is 12.0. The van der Waals surface area contributed by atoms with Crippen LogP contribution in [0, 0.1) is 4.64 Å². The number of thiocarbonyl (C=S) groups is 1. The van der Waals surface area contributed by atoms with Gasteiger partial charge in [-0.15, -0.1) is 0 Å². The smallest absolute Gasteiger partial charge is 0.259 e. The number of hydrogen-bond acceptors (Lipinski definition) is 3. The van der Waals surface area contributed by atoms with Crippen LogP contribution in [0.5, 0.6) is 0 Å². The van der Waals surface area contributed by atoms with Crippen molar-refractivity contribution in [3.63, 3.8) is 0 Å². The van der Waals surface area contributed by atoms with E-state index in [0.717, 1.165) is 67.3 Å². The van der Waals surface area contributed by atoms with Crippen molar-refractivity contribution in [3.05, 3.63) is 69.6 Å². The summed E-state index contributed by atoms with van der Waals surface area (Å²) in [5, 5.41) is 12.6. The summed E-state index contributed by atoms with van der Waals surface area (Å²) >= 11 is 12.3. The van der Waals surface area contributed by atoms with Gasteiger partial charge in [0.25, 0.3) is 5.91 Å². The van der Waals surface area contributed by atoms with Crippen LogP contribution in [-0.4, -0.2) is 26.4 Å². The van der Waals surface area contributed by atoms with E-state index < -0.39 is 0 Å². The quantitative estimate of drug-likeness (QED) is 0.0498. The van der Waals surface area contributed by atoms with Gasteiger partial charge in [0, 0.05) is 50.1 Å². The number of hydrogen-bond donors (Lipinski definition) is 0. The number of nitrogens with zero attached hydrogens (tertiary/aromatic N) is 2. The van der Waals surface area contributed by atoms with E-state index in [4.69, 9.17) is 24.4 Å². The fraction of sp³-hybridized carbons (Fsp3) is 0.419. The average Bonchev–Trinajstić information content (AvgIpc) is 3.08. The third kappa shape index (κ3) is 5.24. The summed E-state index contributed by atoms with van der Waals surface area (Å²) in [6.45, 7) is 13.6. The van der Waals surface area contributed by atoms with Crippen LogP contribution in [-0.2, 0) is 0 Å². The summed E-state index contributed by atoms with van der Waals surface area (Å²) in [5.74, 6) is 0.0366. The molecule has 0 saturated heterocycles. The van der Waals surface area contributed by atoms with E-state index >= 15 is 0 Å². The molecule has 6 aromatic rings. The van der Waals surface area contributed by atoms with Gasteiger partial charge in [-0.1, -0.05) is 152 Å². The van der Waals surface area contributed by atoms with Crippen molar-refractivity contribution in [2.45, 2.75) is 117 Å². The maximum atomic E-state index is 14.2. The van der Waals surface area contributed by atoms with Crippen molar-refractivity contribution in [1.82, 2.24) is 9.47 Å². The van der Waals surface area contributed by atoms with Gasteiger partial charge in [0.1, 0.15) is 9.63 Å². The van der Waals surface area contributed by atoms with Gasteiger partial charge in [0.05, 0.1) is 0 Å². The van der Waals surface area contributed by atoms with Crippen LogP contribution in [0.25, 0.3) is 60.4 Å². The fourth-order valence-electron chi connectivity index (χ4n) is 8.61. The molecular weight excluding hydrogens is 625 g/mol. The van der Waals surface area contributed by atoms with Gasteiger partial charge < -0.3 is 4.57 Å². The molecule has 0 saturated carbocycles. The summed E-state index contributed by atoms with van der Waals surface area (Å²) in [5.41, 5.74) is 1.76. The Morgan fingerprint density at radius 2 is 1.04 bits per heavy atom. The van der Waals surface area contributed by atoms with Crippen molar-refractivity contribution in [3.8, 4) is 0 Å². The summed E-state index contributed by atoms with van der Waals surface area (Å²) in [4.78, 5) is 16.7. The highest BCUT2D eigenvalue weighted by atomic mass is 32.1. The van der Waals surface area contributed by atoms with E-state index in [1.165, 1.54) is 84.7 Å². The van der Waals surface area contributed by atoms with Gasteiger partial charge in [0.15, 0.2) is 0 Å². The second kappa shape index (κ2) is 13.5. The minimum Gasteiger partial charge on any atom is -0.329 e. The average molecular weight is 673 g/mol. The second-order valence-corrected chi connectivity index (χ2v) is 15.1. The number of fused-ring (bicyclic) bond motifs is 2. The molecular formula is C43H48N2OS2. The summed E-state index contributed by atoms with van der Waals surface area (Å²) in [7, 11) is 0. The van der Waals surface area contributed by atoms with E-state index in [9.17, 15) is 4.79 Å². The predicted molar refractivity (Wildman–Crippen MR) is 214 cm³/mol. The Bertz CT molecular complexity index is 2170. The molecule has 7 rings (SSSR count). The van der Waals surface area contributed by atoms with E-state index in [-0.39, 0.29) is 11.9 Å². The molecule has 5 aromatic carbocycles. The van der Waals surface area contributed by atoms with Gasteiger partial charge in [0.2, 0.25) is 0 Å². The number of aromatic nitrogens is 1. The topological polar surface area (TPSA) is 25.2 Å². The first kappa shape index (κ1) is 33.1. The molecule has 0 radical (unpaired) electrons. The highest BCUT2D eigenvalue weighted by Crippen LogP contribution is 2.46. The fourth-order valence-corrected chi connectivity index (χ4v) is 9.50. The zero-order chi connectivity index (χ0) is 33.7. The summed E-state index contributed by atoms with van der Waals surface area (Å²) < 4.78 is 3.19. The lowest BCUT2D eigenvalue weighted by Crippen LogP contribution is -2.45. The Balaban J connectivity index is 1.35. The lowest BCUT2D eigenvalue weighted by Gasteiger charge is -2.35. The van der Waals surface area contributed by atoms with Crippen molar-refractivity contribution < 1.29 is 4.79 Å². The Labute approximate surface area is 295 Å². The normalized spacial score (nSPS) is 14.9. The van der Waals surface area contributed by atoms with E-state index in [1.54, 1.807) is 0 Å². The van der Waals surface area contributed by atoms with E-state index in [2.05, 4.69) is 81.3 Å². The second-order valence-electron chi connectivity index (χ2n) is 14.3. The maximum Gasteiger partial charge on any atom is 0.259 e. The molecule has 2 heterocycles. The SMILES string of the molecule is C=c1c2ccc3c4ccc5c6c(ccc(c7ccc(c(=S)n1[C@H](C)CCCCCCC)c2c37)c64)C(=O)N([C@H](C)CCCCCCC)C5=S. The Kier molecular flexibility index (Phi) is 9.30. The number of carbonyl (C=O) groups excluding carboxylic acids is 1. The standard InChI is InChI=1S/C43H48N2OS2/c1-6-8-10-12-14-16-26(3)44-28(5)29-18-19-30-33-22-25-36-40-34(41(46)45(43(36)48)27(4)17-15-13-11-9-7-2)23-20-31(39(33)40)32-21-24-35(42(44)47)37(29)38(30)32/h18-27H,5-17H2,1-4H3/t26-,27-/m1/s1. The van der Waals surface area contributed by atoms with Crippen LogP contribution >= 0.6 is 24.4 Å². The number of benzene rings is 5. The Morgan fingerprint density at radius 3 is 1.65 bits per heavy atom. The van der Waals surface area contributed by atoms with Gasteiger partial charge in [-0.25, -0.2) is 0 Å². The number of carbonyl (C=O) groups is 1. The molecule has 3 nitrogen and oxygen atoms in total. The van der Waals surface area contributed by atoms with Crippen molar-refractivity contribution in [2.75, 3.05) is 0 Å². The molecule has 0 fully saturated rings. The van der Waals surface area contributed by atoms with Gasteiger partial charge in [-0.3, -0.25) is 9.69 Å². The Hall–Kier alpha value is -3.41. The van der Waals surface area contributed by atoms with E-state index in [0.29, 0.717) is 11.0 Å². The summed E-state index contributed by atoms with van der Waals surface area (Å²) in [6.07, 6.45) is 14.5. The zero-order valence-corrected chi connectivity index (χ0v) is 30.7.